The molecule has 0 unspecified atom stereocenters. The van der Waals surface area contributed by atoms with Gasteiger partial charge in [0.2, 0.25) is 0 Å². The van der Waals surface area contributed by atoms with Crippen molar-refractivity contribution in [3.05, 3.63) is 33.5 Å². The van der Waals surface area contributed by atoms with E-state index < -0.39 is 5.82 Å². The summed E-state index contributed by atoms with van der Waals surface area (Å²) in [6.45, 7) is 4.24. The van der Waals surface area contributed by atoms with Crippen molar-refractivity contribution in [1.82, 2.24) is 4.90 Å². The molecular formula is C13H15BrFNO. The molecule has 17 heavy (non-hydrogen) atoms. The van der Waals surface area contributed by atoms with Crippen molar-refractivity contribution >= 4 is 21.8 Å². The van der Waals surface area contributed by atoms with Gasteiger partial charge in [-0.2, -0.15) is 0 Å². The highest BCUT2D eigenvalue weighted by Gasteiger charge is 2.33. The summed E-state index contributed by atoms with van der Waals surface area (Å²) in [5.41, 5.74) is 0.669. The van der Waals surface area contributed by atoms with Gasteiger partial charge in [-0.1, -0.05) is 15.9 Å². The lowest BCUT2D eigenvalue weighted by molar-refractivity contribution is 0.0747. The Bertz CT molecular complexity index is 457. The Morgan fingerprint density at radius 1 is 1.53 bits per heavy atom. The Kier molecular flexibility index (Phi) is 3.52. The lowest BCUT2D eigenvalue weighted by atomic mass is 10.1. The first-order valence-corrected chi connectivity index (χ1v) is 6.61. The number of halogens is 2. The molecule has 1 aromatic carbocycles. The lowest BCUT2D eigenvalue weighted by Gasteiger charge is -2.21. The molecule has 2 rings (SSSR count). The molecule has 2 nitrogen and oxygen atoms in total. The maximum Gasteiger partial charge on any atom is 0.257 e. The van der Waals surface area contributed by atoms with Gasteiger partial charge in [-0.3, -0.25) is 4.79 Å². The highest BCUT2D eigenvalue weighted by molar-refractivity contribution is 9.10. The van der Waals surface area contributed by atoms with Gasteiger partial charge in [0.15, 0.2) is 0 Å². The van der Waals surface area contributed by atoms with Crippen molar-refractivity contribution in [2.75, 3.05) is 6.54 Å². The number of hydrogen-bond acceptors (Lipinski definition) is 1. The fourth-order valence-electron chi connectivity index (χ4n) is 1.94. The zero-order valence-electron chi connectivity index (χ0n) is 9.96. The van der Waals surface area contributed by atoms with Crippen molar-refractivity contribution in [2.45, 2.75) is 32.7 Å². The monoisotopic (exact) mass is 299 g/mol. The number of carbonyl (C=O) groups is 1. The van der Waals surface area contributed by atoms with Crippen LogP contribution in [0.2, 0.25) is 0 Å². The van der Waals surface area contributed by atoms with Crippen LogP contribution in [0.4, 0.5) is 4.39 Å². The van der Waals surface area contributed by atoms with E-state index in [0.29, 0.717) is 22.6 Å². The predicted molar refractivity (Wildman–Crippen MR) is 68.6 cm³/mol. The summed E-state index contributed by atoms with van der Waals surface area (Å²) < 4.78 is 14.7. The summed E-state index contributed by atoms with van der Waals surface area (Å²) >= 11 is 3.26. The summed E-state index contributed by atoms with van der Waals surface area (Å²) in [6.07, 6.45) is 2.08. The first kappa shape index (κ1) is 12.6. The van der Waals surface area contributed by atoms with Crippen LogP contribution in [0, 0.1) is 12.7 Å². The molecule has 0 N–H and O–H groups in total. The maximum absolute atomic E-state index is 14.0. The summed E-state index contributed by atoms with van der Waals surface area (Å²) in [5, 5.41) is 0. The molecule has 1 aliphatic rings. The van der Waals surface area contributed by atoms with Gasteiger partial charge in [0.1, 0.15) is 5.82 Å². The molecule has 0 bridgehead atoms. The molecular weight excluding hydrogens is 285 g/mol. The van der Waals surface area contributed by atoms with E-state index in [1.54, 1.807) is 24.0 Å². The minimum Gasteiger partial charge on any atom is -0.336 e. The molecule has 1 fully saturated rings. The van der Waals surface area contributed by atoms with Crippen LogP contribution >= 0.6 is 15.9 Å². The van der Waals surface area contributed by atoms with E-state index in [2.05, 4.69) is 15.9 Å². The maximum atomic E-state index is 14.0. The van der Waals surface area contributed by atoms with E-state index in [0.717, 1.165) is 12.8 Å². The molecule has 0 spiro atoms. The Hall–Kier alpha value is -0.900. The number of amides is 1. The van der Waals surface area contributed by atoms with Crippen LogP contribution < -0.4 is 0 Å². The average molecular weight is 300 g/mol. The SMILES string of the molecule is CCN(C(=O)c1ccc(Br)c(C)c1F)C1CC1. The summed E-state index contributed by atoms with van der Waals surface area (Å²) in [4.78, 5) is 14.0. The third-order valence-corrected chi connectivity index (χ3v) is 4.00. The first-order valence-electron chi connectivity index (χ1n) is 5.81. The minimum absolute atomic E-state index is 0.180. The number of benzene rings is 1. The fourth-order valence-corrected chi connectivity index (χ4v) is 2.24. The highest BCUT2D eigenvalue weighted by atomic mass is 79.9. The van der Waals surface area contributed by atoms with Crippen LogP contribution in [0.1, 0.15) is 35.7 Å². The fraction of sp³-hybridized carbons (Fsp3) is 0.462. The van der Waals surface area contributed by atoms with Crippen LogP contribution in [0.25, 0.3) is 0 Å². The second-order valence-corrected chi connectivity index (χ2v) is 5.21. The van der Waals surface area contributed by atoms with Crippen LogP contribution in [-0.4, -0.2) is 23.4 Å². The molecule has 1 amide bonds. The van der Waals surface area contributed by atoms with Crippen molar-refractivity contribution < 1.29 is 9.18 Å². The van der Waals surface area contributed by atoms with E-state index in [1.165, 1.54) is 0 Å². The van der Waals surface area contributed by atoms with Crippen LogP contribution in [0.5, 0.6) is 0 Å². The summed E-state index contributed by atoms with van der Waals surface area (Å²) in [6, 6.07) is 3.60. The Labute approximate surface area is 109 Å². The quantitative estimate of drug-likeness (QED) is 0.836. The molecule has 0 saturated heterocycles. The summed E-state index contributed by atoms with van der Waals surface area (Å²) in [7, 11) is 0. The van der Waals surface area contributed by atoms with Gasteiger partial charge in [0, 0.05) is 17.1 Å². The van der Waals surface area contributed by atoms with Gasteiger partial charge in [0.05, 0.1) is 5.56 Å². The zero-order valence-corrected chi connectivity index (χ0v) is 11.6. The number of nitrogens with zero attached hydrogens (tertiary/aromatic N) is 1. The Balaban J connectivity index is 2.33. The third-order valence-electron chi connectivity index (χ3n) is 3.14. The van der Waals surface area contributed by atoms with Crippen molar-refractivity contribution in [1.29, 1.82) is 0 Å². The van der Waals surface area contributed by atoms with Gasteiger partial charge >= 0.3 is 0 Å². The molecule has 0 heterocycles. The van der Waals surface area contributed by atoms with Crippen LogP contribution in [0.3, 0.4) is 0 Å². The van der Waals surface area contributed by atoms with Gasteiger partial charge in [-0.05, 0) is 44.4 Å². The largest absolute Gasteiger partial charge is 0.336 e. The minimum atomic E-state index is -0.413. The Morgan fingerprint density at radius 3 is 2.71 bits per heavy atom. The van der Waals surface area contributed by atoms with E-state index in [9.17, 15) is 9.18 Å². The molecule has 1 aromatic rings. The van der Waals surface area contributed by atoms with Crippen molar-refractivity contribution in [2.24, 2.45) is 0 Å². The second kappa shape index (κ2) is 4.77. The molecule has 1 saturated carbocycles. The number of carbonyl (C=O) groups excluding carboxylic acids is 1. The van der Waals surface area contributed by atoms with Gasteiger partial charge in [0.25, 0.3) is 5.91 Å². The lowest BCUT2D eigenvalue weighted by Crippen LogP contribution is -2.33. The first-order chi connectivity index (χ1) is 8.06. The molecule has 1 aliphatic carbocycles. The van der Waals surface area contributed by atoms with Gasteiger partial charge in [-0.15, -0.1) is 0 Å². The molecule has 92 valence electrons. The zero-order chi connectivity index (χ0) is 12.6. The van der Waals surface area contributed by atoms with Gasteiger partial charge < -0.3 is 4.90 Å². The van der Waals surface area contributed by atoms with E-state index >= 15 is 0 Å². The number of rotatable bonds is 3. The predicted octanol–water partition coefficient (Wildman–Crippen LogP) is 3.52. The average Bonchev–Trinajstić information content (AvgIpc) is 3.11. The highest BCUT2D eigenvalue weighted by Crippen LogP contribution is 2.29. The summed E-state index contributed by atoms with van der Waals surface area (Å²) in [5.74, 6) is -0.605. The van der Waals surface area contributed by atoms with Gasteiger partial charge in [-0.25, -0.2) is 4.39 Å². The second-order valence-electron chi connectivity index (χ2n) is 4.36. The molecule has 0 aliphatic heterocycles. The standard InChI is InChI=1S/C13H15BrFNO/c1-3-16(9-4-5-9)13(17)10-6-7-11(14)8(2)12(10)15/h6-7,9H,3-5H2,1-2H3. The molecule has 0 aromatic heterocycles. The third kappa shape index (κ3) is 2.37. The van der Waals surface area contributed by atoms with Crippen LogP contribution in [-0.2, 0) is 0 Å². The molecule has 0 atom stereocenters. The van der Waals surface area contributed by atoms with Crippen LogP contribution in [0.15, 0.2) is 16.6 Å². The topological polar surface area (TPSA) is 20.3 Å². The number of hydrogen-bond donors (Lipinski definition) is 0. The van der Waals surface area contributed by atoms with Crippen molar-refractivity contribution in [3.8, 4) is 0 Å². The van der Waals surface area contributed by atoms with Crippen molar-refractivity contribution in [3.63, 3.8) is 0 Å². The Morgan fingerprint density at radius 2 is 2.18 bits per heavy atom. The normalized spacial score (nSPS) is 14.8. The van der Waals surface area contributed by atoms with E-state index in [1.807, 2.05) is 6.92 Å². The molecule has 0 radical (unpaired) electrons. The van der Waals surface area contributed by atoms with E-state index in [-0.39, 0.29) is 11.5 Å². The van der Waals surface area contributed by atoms with E-state index in [4.69, 9.17) is 0 Å². The smallest absolute Gasteiger partial charge is 0.257 e. The molecule has 4 heteroatoms.